The van der Waals surface area contributed by atoms with Crippen molar-refractivity contribution in [3.63, 3.8) is 0 Å². The summed E-state index contributed by atoms with van der Waals surface area (Å²) in [5.74, 6) is 0.371. The Morgan fingerprint density at radius 2 is 2.28 bits per heavy atom. The molecule has 92 valence electrons. The van der Waals surface area contributed by atoms with Crippen LogP contribution in [-0.4, -0.2) is 14.5 Å². The minimum absolute atomic E-state index is 0.371. The molecule has 0 saturated carbocycles. The third-order valence-corrected chi connectivity index (χ3v) is 4.34. The van der Waals surface area contributed by atoms with Gasteiger partial charge >= 0.3 is 0 Å². The first-order valence-electron chi connectivity index (χ1n) is 5.82. The lowest BCUT2D eigenvalue weighted by Crippen LogP contribution is -2.06. The SMILES string of the molecule is CC(Cn1c(=S)[nH]c2ccccc21)c1nccs1. The summed E-state index contributed by atoms with van der Waals surface area (Å²) in [7, 11) is 0. The fourth-order valence-corrected chi connectivity index (χ4v) is 3.09. The molecule has 0 radical (unpaired) electrons. The molecular formula is C13H13N3S2. The molecule has 0 aliphatic rings. The van der Waals surface area contributed by atoms with Crippen molar-refractivity contribution in [2.75, 3.05) is 0 Å². The summed E-state index contributed by atoms with van der Waals surface area (Å²) in [4.78, 5) is 7.61. The zero-order valence-electron chi connectivity index (χ0n) is 9.96. The average Bonchev–Trinajstić information content (AvgIpc) is 2.98. The Hall–Kier alpha value is -1.46. The highest BCUT2D eigenvalue weighted by Gasteiger charge is 2.11. The molecule has 0 amide bonds. The van der Waals surface area contributed by atoms with E-state index in [-0.39, 0.29) is 0 Å². The number of fused-ring (bicyclic) bond motifs is 1. The minimum atomic E-state index is 0.371. The molecule has 0 saturated heterocycles. The van der Waals surface area contributed by atoms with Gasteiger partial charge in [-0.15, -0.1) is 11.3 Å². The van der Waals surface area contributed by atoms with E-state index < -0.39 is 0 Å². The number of hydrogen-bond donors (Lipinski definition) is 1. The Morgan fingerprint density at radius 3 is 3.06 bits per heavy atom. The van der Waals surface area contributed by atoms with E-state index in [9.17, 15) is 0 Å². The van der Waals surface area contributed by atoms with E-state index in [0.717, 1.165) is 27.4 Å². The topological polar surface area (TPSA) is 33.6 Å². The van der Waals surface area contributed by atoms with Crippen LogP contribution >= 0.6 is 23.6 Å². The molecule has 2 heterocycles. The van der Waals surface area contributed by atoms with Crippen LogP contribution in [-0.2, 0) is 6.54 Å². The van der Waals surface area contributed by atoms with Crippen LogP contribution in [0.2, 0.25) is 0 Å². The van der Waals surface area contributed by atoms with Gasteiger partial charge in [0, 0.05) is 24.0 Å². The van der Waals surface area contributed by atoms with E-state index in [0.29, 0.717) is 5.92 Å². The third-order valence-electron chi connectivity index (χ3n) is 3.01. The molecular weight excluding hydrogens is 262 g/mol. The van der Waals surface area contributed by atoms with Gasteiger partial charge in [0.1, 0.15) is 0 Å². The molecule has 1 N–H and O–H groups in total. The molecule has 3 rings (SSSR count). The molecule has 0 fully saturated rings. The van der Waals surface area contributed by atoms with Gasteiger partial charge in [-0.2, -0.15) is 0 Å². The standard InChI is InChI=1S/C13H13N3S2/c1-9(12-14-6-7-18-12)8-16-11-5-3-2-4-10(11)15-13(16)17/h2-7,9H,8H2,1H3,(H,15,17). The Kier molecular flexibility index (Phi) is 3.01. The average molecular weight is 275 g/mol. The second-order valence-electron chi connectivity index (χ2n) is 4.33. The normalized spacial score (nSPS) is 12.9. The highest BCUT2D eigenvalue weighted by atomic mass is 32.1. The van der Waals surface area contributed by atoms with Crippen molar-refractivity contribution in [2.24, 2.45) is 0 Å². The summed E-state index contributed by atoms with van der Waals surface area (Å²) in [5.41, 5.74) is 2.25. The number of rotatable bonds is 3. The van der Waals surface area contributed by atoms with E-state index in [1.54, 1.807) is 11.3 Å². The molecule has 5 heteroatoms. The van der Waals surface area contributed by atoms with Gasteiger partial charge in [0.15, 0.2) is 4.77 Å². The molecule has 0 bridgehead atoms. The smallest absolute Gasteiger partial charge is 0.178 e. The van der Waals surface area contributed by atoms with Gasteiger partial charge in [0.2, 0.25) is 0 Å². The van der Waals surface area contributed by atoms with E-state index >= 15 is 0 Å². The molecule has 18 heavy (non-hydrogen) atoms. The molecule has 3 nitrogen and oxygen atoms in total. The highest BCUT2D eigenvalue weighted by molar-refractivity contribution is 7.71. The predicted octanol–water partition coefficient (Wildman–Crippen LogP) is 3.96. The van der Waals surface area contributed by atoms with E-state index in [2.05, 4.69) is 33.6 Å². The second kappa shape index (κ2) is 4.66. The van der Waals surface area contributed by atoms with Gasteiger partial charge in [-0.25, -0.2) is 4.98 Å². The number of imidazole rings is 1. The number of aromatic nitrogens is 3. The molecule has 1 unspecified atom stereocenters. The summed E-state index contributed by atoms with van der Waals surface area (Å²) in [6.07, 6.45) is 1.85. The Morgan fingerprint density at radius 1 is 1.44 bits per heavy atom. The van der Waals surface area contributed by atoms with Crippen molar-refractivity contribution in [2.45, 2.75) is 19.4 Å². The van der Waals surface area contributed by atoms with Gasteiger partial charge in [-0.05, 0) is 24.4 Å². The fraction of sp³-hybridized carbons (Fsp3) is 0.231. The van der Waals surface area contributed by atoms with Crippen LogP contribution in [0, 0.1) is 4.77 Å². The van der Waals surface area contributed by atoms with Crippen molar-refractivity contribution >= 4 is 34.6 Å². The maximum atomic E-state index is 5.39. The lowest BCUT2D eigenvalue weighted by atomic mass is 10.2. The molecule has 1 aromatic carbocycles. The van der Waals surface area contributed by atoms with Crippen LogP contribution in [0.3, 0.4) is 0 Å². The van der Waals surface area contributed by atoms with Crippen LogP contribution in [0.5, 0.6) is 0 Å². The lowest BCUT2D eigenvalue weighted by Gasteiger charge is -2.10. The van der Waals surface area contributed by atoms with Crippen LogP contribution in [0.15, 0.2) is 35.8 Å². The second-order valence-corrected chi connectivity index (χ2v) is 5.64. The number of hydrogen-bond acceptors (Lipinski definition) is 3. The maximum Gasteiger partial charge on any atom is 0.178 e. The first-order valence-corrected chi connectivity index (χ1v) is 7.11. The van der Waals surface area contributed by atoms with E-state index in [1.807, 2.05) is 23.7 Å². The lowest BCUT2D eigenvalue weighted by molar-refractivity contribution is 0.602. The summed E-state index contributed by atoms with van der Waals surface area (Å²) in [6.45, 7) is 3.04. The quantitative estimate of drug-likeness (QED) is 0.734. The number of nitrogens with one attached hydrogen (secondary N) is 1. The van der Waals surface area contributed by atoms with Crippen molar-refractivity contribution in [3.8, 4) is 0 Å². The number of benzene rings is 1. The molecule has 3 aromatic rings. The number of H-pyrrole nitrogens is 1. The highest BCUT2D eigenvalue weighted by Crippen LogP contribution is 2.22. The van der Waals surface area contributed by atoms with Crippen molar-refractivity contribution in [1.82, 2.24) is 14.5 Å². The summed E-state index contributed by atoms with van der Waals surface area (Å²) in [6, 6.07) is 8.20. The Bertz CT molecular complexity index is 709. The van der Waals surface area contributed by atoms with Crippen molar-refractivity contribution in [1.29, 1.82) is 0 Å². The Labute approximate surface area is 114 Å². The first kappa shape index (κ1) is 11.6. The fourth-order valence-electron chi connectivity index (χ4n) is 2.12. The van der Waals surface area contributed by atoms with E-state index in [1.165, 1.54) is 0 Å². The van der Waals surface area contributed by atoms with Crippen LogP contribution in [0.1, 0.15) is 17.8 Å². The van der Waals surface area contributed by atoms with Gasteiger partial charge in [0.25, 0.3) is 0 Å². The maximum absolute atomic E-state index is 5.39. The molecule has 0 spiro atoms. The van der Waals surface area contributed by atoms with Gasteiger partial charge in [-0.1, -0.05) is 19.1 Å². The largest absolute Gasteiger partial charge is 0.331 e. The minimum Gasteiger partial charge on any atom is -0.331 e. The number of aromatic amines is 1. The van der Waals surface area contributed by atoms with Crippen LogP contribution < -0.4 is 0 Å². The van der Waals surface area contributed by atoms with Gasteiger partial charge in [-0.3, -0.25) is 0 Å². The molecule has 1 atom stereocenters. The predicted molar refractivity (Wildman–Crippen MR) is 77.7 cm³/mol. The Balaban J connectivity index is 2.00. The van der Waals surface area contributed by atoms with Crippen LogP contribution in [0.25, 0.3) is 11.0 Å². The molecule has 0 aliphatic carbocycles. The summed E-state index contributed by atoms with van der Waals surface area (Å²) in [5, 5.41) is 3.17. The third kappa shape index (κ3) is 2.00. The zero-order valence-corrected chi connectivity index (χ0v) is 11.6. The van der Waals surface area contributed by atoms with Gasteiger partial charge in [0.05, 0.1) is 16.0 Å². The zero-order chi connectivity index (χ0) is 12.5. The number of thiazole rings is 1. The molecule has 0 aliphatic heterocycles. The number of nitrogens with zero attached hydrogens (tertiary/aromatic N) is 2. The van der Waals surface area contributed by atoms with Crippen LogP contribution in [0.4, 0.5) is 0 Å². The summed E-state index contributed by atoms with van der Waals surface area (Å²) < 4.78 is 2.93. The monoisotopic (exact) mass is 275 g/mol. The molecule has 2 aromatic heterocycles. The van der Waals surface area contributed by atoms with Crippen molar-refractivity contribution < 1.29 is 0 Å². The number of para-hydroxylation sites is 2. The first-order chi connectivity index (χ1) is 8.75. The summed E-state index contributed by atoms with van der Waals surface area (Å²) >= 11 is 7.09. The van der Waals surface area contributed by atoms with Crippen molar-refractivity contribution in [3.05, 3.63) is 45.6 Å². The van der Waals surface area contributed by atoms with Gasteiger partial charge < -0.3 is 9.55 Å². The van der Waals surface area contributed by atoms with E-state index in [4.69, 9.17) is 12.2 Å².